The molecule has 0 atom stereocenters. The molecule has 6 nitrogen and oxygen atoms in total. The first-order chi connectivity index (χ1) is 14.4. The van der Waals surface area contributed by atoms with Gasteiger partial charge in [-0.25, -0.2) is 5.43 Å². The number of thiophene rings is 1. The highest BCUT2D eigenvalue weighted by Crippen LogP contribution is 2.27. The predicted molar refractivity (Wildman–Crippen MR) is 121 cm³/mol. The Morgan fingerprint density at radius 2 is 1.93 bits per heavy atom. The van der Waals surface area contributed by atoms with Crippen LogP contribution in [0.5, 0.6) is 5.75 Å². The summed E-state index contributed by atoms with van der Waals surface area (Å²) < 4.78 is 5.37. The molecular formula is C21H17Cl2N3O3S. The van der Waals surface area contributed by atoms with E-state index in [1.165, 1.54) is 17.4 Å². The number of rotatable bonds is 7. The number of hydrogen-bond acceptors (Lipinski definition) is 5. The molecule has 0 spiro atoms. The molecule has 30 heavy (non-hydrogen) atoms. The second-order valence-electron chi connectivity index (χ2n) is 6.11. The van der Waals surface area contributed by atoms with Gasteiger partial charge in [0.25, 0.3) is 11.8 Å². The second kappa shape index (κ2) is 10.2. The van der Waals surface area contributed by atoms with Crippen LogP contribution in [0.1, 0.15) is 22.2 Å². The van der Waals surface area contributed by atoms with Gasteiger partial charge in [0.15, 0.2) is 6.61 Å². The zero-order chi connectivity index (χ0) is 21.5. The minimum absolute atomic E-state index is 0.178. The standard InChI is InChI=1S/C21H17Cl2N3O3S/c1-13(25-26-20(27)12-29-18-8-7-15(22)11-17(18)23)14-4-2-5-16(10-14)24-21(28)19-6-3-9-30-19/h2-11H,12H2,1H3,(H,24,28)(H,26,27)/b25-13+. The summed E-state index contributed by atoms with van der Waals surface area (Å²) in [5.41, 5.74) is 4.39. The number of halogens is 2. The third-order valence-electron chi connectivity index (χ3n) is 3.88. The second-order valence-corrected chi connectivity index (χ2v) is 7.90. The Morgan fingerprint density at radius 3 is 2.67 bits per heavy atom. The number of carbonyl (C=O) groups is 2. The minimum Gasteiger partial charge on any atom is -0.482 e. The summed E-state index contributed by atoms with van der Waals surface area (Å²) in [6.07, 6.45) is 0. The summed E-state index contributed by atoms with van der Waals surface area (Å²) in [4.78, 5) is 24.8. The molecule has 3 aromatic rings. The smallest absolute Gasteiger partial charge is 0.277 e. The highest BCUT2D eigenvalue weighted by atomic mass is 35.5. The molecule has 3 rings (SSSR count). The van der Waals surface area contributed by atoms with Gasteiger partial charge in [-0.3, -0.25) is 9.59 Å². The maximum atomic E-state index is 12.2. The molecule has 0 aliphatic carbocycles. The van der Waals surface area contributed by atoms with E-state index in [4.69, 9.17) is 27.9 Å². The van der Waals surface area contributed by atoms with E-state index in [2.05, 4.69) is 15.8 Å². The Bertz CT molecular complexity index is 1080. The van der Waals surface area contributed by atoms with Crippen molar-refractivity contribution < 1.29 is 14.3 Å². The Labute approximate surface area is 187 Å². The lowest BCUT2D eigenvalue weighted by Gasteiger charge is -2.08. The molecule has 0 saturated heterocycles. The summed E-state index contributed by atoms with van der Waals surface area (Å²) in [6, 6.07) is 15.5. The van der Waals surface area contributed by atoms with Gasteiger partial charge in [0.1, 0.15) is 5.75 Å². The Hall–Kier alpha value is -2.87. The van der Waals surface area contributed by atoms with Crippen molar-refractivity contribution in [3.63, 3.8) is 0 Å². The molecule has 0 unspecified atom stereocenters. The average Bonchev–Trinajstić information content (AvgIpc) is 3.26. The van der Waals surface area contributed by atoms with E-state index < -0.39 is 5.91 Å². The summed E-state index contributed by atoms with van der Waals surface area (Å²) in [5, 5.41) is 9.56. The lowest BCUT2D eigenvalue weighted by molar-refractivity contribution is -0.123. The van der Waals surface area contributed by atoms with Gasteiger partial charge >= 0.3 is 0 Å². The molecule has 2 aromatic carbocycles. The number of anilines is 1. The molecule has 1 aromatic heterocycles. The van der Waals surface area contributed by atoms with E-state index in [1.807, 2.05) is 17.5 Å². The molecular weight excluding hydrogens is 445 g/mol. The van der Waals surface area contributed by atoms with E-state index in [9.17, 15) is 9.59 Å². The topological polar surface area (TPSA) is 79.8 Å². The van der Waals surface area contributed by atoms with E-state index in [0.29, 0.717) is 32.1 Å². The molecule has 0 radical (unpaired) electrons. The van der Waals surface area contributed by atoms with Crippen LogP contribution in [0.15, 0.2) is 65.1 Å². The first kappa shape index (κ1) is 21.8. The van der Waals surface area contributed by atoms with Crippen LogP contribution in [0.3, 0.4) is 0 Å². The van der Waals surface area contributed by atoms with Crippen molar-refractivity contribution in [2.75, 3.05) is 11.9 Å². The largest absolute Gasteiger partial charge is 0.482 e. The molecule has 1 heterocycles. The van der Waals surface area contributed by atoms with Gasteiger partial charge in [-0.05, 0) is 54.3 Å². The summed E-state index contributed by atoms with van der Waals surface area (Å²) in [5.74, 6) is -0.267. The van der Waals surface area contributed by atoms with Crippen molar-refractivity contribution in [1.82, 2.24) is 5.43 Å². The van der Waals surface area contributed by atoms with Gasteiger partial charge in [-0.15, -0.1) is 11.3 Å². The summed E-state index contributed by atoms with van der Waals surface area (Å²) in [7, 11) is 0. The fourth-order valence-corrected chi connectivity index (χ4v) is 3.48. The van der Waals surface area contributed by atoms with Gasteiger partial charge in [0.2, 0.25) is 0 Å². The predicted octanol–water partition coefficient (Wildman–Crippen LogP) is 5.23. The van der Waals surface area contributed by atoms with E-state index in [0.717, 1.165) is 5.56 Å². The number of benzene rings is 2. The highest BCUT2D eigenvalue weighted by Gasteiger charge is 2.09. The molecule has 154 valence electrons. The summed E-state index contributed by atoms with van der Waals surface area (Å²) >= 11 is 13.2. The Balaban J connectivity index is 1.57. The molecule has 0 aliphatic heterocycles. The van der Waals surface area contributed by atoms with Crippen molar-refractivity contribution in [3.8, 4) is 5.75 Å². The first-order valence-corrected chi connectivity index (χ1v) is 10.4. The molecule has 0 saturated carbocycles. The molecule has 2 amide bonds. The molecule has 0 aliphatic rings. The van der Waals surface area contributed by atoms with Crippen molar-refractivity contribution in [3.05, 3.63) is 80.5 Å². The minimum atomic E-state index is -0.442. The van der Waals surface area contributed by atoms with Gasteiger partial charge in [0, 0.05) is 10.7 Å². The van der Waals surface area contributed by atoms with Crippen LogP contribution in [0.2, 0.25) is 10.0 Å². The van der Waals surface area contributed by atoms with Crippen LogP contribution in [0.4, 0.5) is 5.69 Å². The van der Waals surface area contributed by atoms with Gasteiger partial charge in [-0.2, -0.15) is 5.10 Å². The fraction of sp³-hybridized carbons (Fsp3) is 0.0952. The van der Waals surface area contributed by atoms with Crippen LogP contribution >= 0.6 is 34.5 Å². The van der Waals surface area contributed by atoms with Crippen LogP contribution in [0.25, 0.3) is 0 Å². The number of ether oxygens (including phenoxy) is 1. The van der Waals surface area contributed by atoms with Gasteiger partial charge in [0.05, 0.1) is 15.6 Å². The molecule has 9 heteroatoms. The maximum absolute atomic E-state index is 12.2. The molecule has 0 fully saturated rings. The van der Waals surface area contributed by atoms with E-state index in [-0.39, 0.29) is 12.5 Å². The Kier molecular flexibility index (Phi) is 7.46. The zero-order valence-corrected chi connectivity index (χ0v) is 18.1. The van der Waals surface area contributed by atoms with Gasteiger partial charge in [-0.1, -0.05) is 41.4 Å². The molecule has 0 bridgehead atoms. The number of nitrogens with one attached hydrogen (secondary N) is 2. The van der Waals surface area contributed by atoms with Gasteiger partial charge < -0.3 is 10.1 Å². The lowest BCUT2D eigenvalue weighted by Crippen LogP contribution is -2.25. The van der Waals surface area contributed by atoms with Crippen LogP contribution in [-0.4, -0.2) is 24.1 Å². The third-order valence-corrected chi connectivity index (χ3v) is 5.28. The van der Waals surface area contributed by atoms with Crippen molar-refractivity contribution >= 4 is 57.8 Å². The quantitative estimate of drug-likeness (QED) is 0.373. The SMILES string of the molecule is C/C(=N\NC(=O)COc1ccc(Cl)cc1Cl)c1cccc(NC(=O)c2cccs2)c1. The van der Waals surface area contributed by atoms with Crippen molar-refractivity contribution in [2.45, 2.75) is 6.92 Å². The fourth-order valence-electron chi connectivity index (χ4n) is 2.40. The summed E-state index contributed by atoms with van der Waals surface area (Å²) in [6.45, 7) is 1.49. The average molecular weight is 462 g/mol. The molecule has 2 N–H and O–H groups in total. The third kappa shape index (κ3) is 6.06. The van der Waals surface area contributed by atoms with Crippen LogP contribution < -0.4 is 15.5 Å². The number of carbonyl (C=O) groups excluding carboxylic acids is 2. The van der Waals surface area contributed by atoms with E-state index >= 15 is 0 Å². The highest BCUT2D eigenvalue weighted by molar-refractivity contribution is 7.12. The van der Waals surface area contributed by atoms with Crippen molar-refractivity contribution in [2.24, 2.45) is 5.10 Å². The number of hydrogen-bond donors (Lipinski definition) is 2. The Morgan fingerprint density at radius 1 is 1.10 bits per heavy atom. The van der Waals surface area contributed by atoms with Crippen LogP contribution in [-0.2, 0) is 4.79 Å². The number of hydrazone groups is 1. The van der Waals surface area contributed by atoms with E-state index in [1.54, 1.807) is 43.3 Å². The number of nitrogens with zero attached hydrogens (tertiary/aromatic N) is 1. The normalized spacial score (nSPS) is 11.1. The monoisotopic (exact) mass is 461 g/mol. The number of amides is 2. The van der Waals surface area contributed by atoms with Crippen LogP contribution in [0, 0.1) is 0 Å². The maximum Gasteiger partial charge on any atom is 0.277 e. The lowest BCUT2D eigenvalue weighted by atomic mass is 10.1. The zero-order valence-electron chi connectivity index (χ0n) is 15.8. The van der Waals surface area contributed by atoms with Crippen molar-refractivity contribution in [1.29, 1.82) is 0 Å². The first-order valence-electron chi connectivity index (χ1n) is 8.78.